The number of hydrogen-bond acceptors (Lipinski definition) is 5. The zero-order valence-electron chi connectivity index (χ0n) is 12.7. The van der Waals surface area contributed by atoms with Gasteiger partial charge < -0.3 is 10.4 Å². The smallest absolute Gasteiger partial charge is 0.135 e. The van der Waals surface area contributed by atoms with Crippen LogP contribution in [0.1, 0.15) is 22.0 Å². The van der Waals surface area contributed by atoms with Gasteiger partial charge in [0, 0.05) is 36.6 Å². The van der Waals surface area contributed by atoms with E-state index < -0.39 is 0 Å². The molecule has 0 amide bonds. The van der Waals surface area contributed by atoms with Gasteiger partial charge in [-0.15, -0.1) is 36.2 Å². The van der Waals surface area contributed by atoms with Crippen molar-refractivity contribution in [1.82, 2.24) is 10.2 Å². The van der Waals surface area contributed by atoms with Crippen LogP contribution in [-0.2, 0) is 0 Å². The quantitative estimate of drug-likeness (QED) is 0.743. The van der Waals surface area contributed by atoms with Crippen LogP contribution in [0.15, 0.2) is 34.1 Å². The Labute approximate surface area is 166 Å². The van der Waals surface area contributed by atoms with Crippen molar-refractivity contribution in [2.45, 2.75) is 6.04 Å². The molecule has 0 bridgehead atoms. The fraction of sp³-hybridized carbons (Fsp3) is 0.312. The van der Waals surface area contributed by atoms with Gasteiger partial charge in [-0.05, 0) is 39.5 Å². The zero-order valence-corrected chi connectivity index (χ0v) is 16.8. The molecule has 4 nitrogen and oxygen atoms in total. The molecule has 0 radical (unpaired) electrons. The predicted octanol–water partition coefficient (Wildman–Crippen LogP) is 3.93. The molecule has 2 N–H and O–H groups in total. The predicted molar refractivity (Wildman–Crippen MR) is 106 cm³/mol. The summed E-state index contributed by atoms with van der Waals surface area (Å²) in [6.45, 7) is 3.69. The highest BCUT2D eigenvalue weighted by Gasteiger charge is 2.28. The summed E-state index contributed by atoms with van der Waals surface area (Å²) in [6, 6.07) is 9.71. The number of piperazine rings is 1. The number of aromatic hydroxyl groups is 1. The van der Waals surface area contributed by atoms with Crippen molar-refractivity contribution in [3.63, 3.8) is 0 Å². The first-order valence-electron chi connectivity index (χ1n) is 7.11. The van der Waals surface area contributed by atoms with E-state index in [4.69, 9.17) is 0 Å². The third kappa shape index (κ3) is 4.42. The van der Waals surface area contributed by atoms with Crippen LogP contribution < -0.4 is 5.32 Å². The Bertz CT molecular complexity index is 700. The maximum absolute atomic E-state index is 10.5. The maximum Gasteiger partial charge on any atom is 0.135 e. The van der Waals surface area contributed by atoms with Gasteiger partial charge in [0.05, 0.1) is 22.1 Å². The molecule has 1 fully saturated rings. The number of phenolic OH excluding ortho intramolecular Hbond substituents is 1. The van der Waals surface area contributed by atoms with E-state index in [-0.39, 0.29) is 36.6 Å². The molecule has 0 aliphatic carbocycles. The summed E-state index contributed by atoms with van der Waals surface area (Å²) >= 11 is 5.04. The molecule has 1 atom stereocenters. The van der Waals surface area contributed by atoms with Gasteiger partial charge in [-0.25, -0.2) is 0 Å². The monoisotopic (exact) mass is 449 g/mol. The third-order valence-electron chi connectivity index (χ3n) is 3.85. The van der Waals surface area contributed by atoms with Crippen molar-refractivity contribution in [1.29, 1.82) is 5.26 Å². The highest BCUT2D eigenvalue weighted by molar-refractivity contribution is 9.10. The van der Waals surface area contributed by atoms with Gasteiger partial charge in [-0.3, -0.25) is 4.90 Å². The van der Waals surface area contributed by atoms with Crippen LogP contribution in [-0.4, -0.2) is 36.2 Å². The lowest BCUT2D eigenvalue weighted by molar-refractivity contribution is 0.198. The molecule has 1 aliphatic heterocycles. The van der Waals surface area contributed by atoms with E-state index in [1.807, 2.05) is 11.4 Å². The fourth-order valence-electron chi connectivity index (χ4n) is 2.81. The van der Waals surface area contributed by atoms with E-state index in [0.717, 1.165) is 31.7 Å². The van der Waals surface area contributed by atoms with Gasteiger partial charge in [0.2, 0.25) is 0 Å². The van der Waals surface area contributed by atoms with Crippen LogP contribution in [0.3, 0.4) is 0 Å². The molecular weight excluding hydrogens is 433 g/mol. The number of rotatable bonds is 3. The molecule has 24 heavy (non-hydrogen) atoms. The number of phenols is 1. The molecule has 0 saturated carbocycles. The Morgan fingerprint density at radius 1 is 1.29 bits per heavy atom. The number of nitrogens with one attached hydrogen (secondary N) is 1. The number of benzene rings is 1. The second kappa shape index (κ2) is 9.62. The number of thiophene rings is 1. The normalized spacial score (nSPS) is 15.7. The molecule has 0 unspecified atom stereocenters. The summed E-state index contributed by atoms with van der Waals surface area (Å²) in [6.07, 6.45) is 0. The minimum Gasteiger partial charge on any atom is -0.506 e. The highest BCUT2D eigenvalue weighted by Crippen LogP contribution is 2.40. The van der Waals surface area contributed by atoms with Crippen LogP contribution in [0, 0.1) is 11.3 Å². The minimum absolute atomic E-state index is 0. The number of halogens is 3. The van der Waals surface area contributed by atoms with Crippen LogP contribution in [0.4, 0.5) is 0 Å². The lowest BCUT2D eigenvalue weighted by atomic mass is 9.99. The number of nitrogens with zero attached hydrogens (tertiary/aromatic N) is 2. The summed E-state index contributed by atoms with van der Waals surface area (Å²) in [5.41, 5.74) is 1.34. The van der Waals surface area contributed by atoms with Crippen molar-refractivity contribution in [2.24, 2.45) is 0 Å². The molecule has 3 rings (SSSR count). The Morgan fingerprint density at radius 2 is 2.00 bits per heavy atom. The fourth-order valence-corrected chi connectivity index (χ4v) is 4.16. The molecule has 2 heterocycles. The Kier molecular flexibility index (Phi) is 8.51. The first-order valence-corrected chi connectivity index (χ1v) is 8.78. The molecular formula is C16H18BrCl2N3OS. The zero-order chi connectivity index (χ0) is 15.5. The van der Waals surface area contributed by atoms with Gasteiger partial charge in [0.25, 0.3) is 0 Å². The molecule has 1 aliphatic rings. The van der Waals surface area contributed by atoms with Crippen molar-refractivity contribution >= 4 is 52.1 Å². The van der Waals surface area contributed by atoms with Crippen LogP contribution in [0.5, 0.6) is 5.75 Å². The van der Waals surface area contributed by atoms with Gasteiger partial charge in [0.1, 0.15) is 5.75 Å². The van der Waals surface area contributed by atoms with Gasteiger partial charge in [-0.2, -0.15) is 5.26 Å². The van der Waals surface area contributed by atoms with E-state index in [0.29, 0.717) is 10.0 Å². The summed E-state index contributed by atoms with van der Waals surface area (Å²) < 4.78 is 0.568. The molecule has 8 heteroatoms. The van der Waals surface area contributed by atoms with E-state index in [2.05, 4.69) is 38.3 Å². The summed E-state index contributed by atoms with van der Waals surface area (Å²) in [7, 11) is 0. The lowest BCUT2D eigenvalue weighted by Gasteiger charge is -2.35. The second-order valence-corrected chi connectivity index (χ2v) is 7.05. The standard InChI is InChI=1S/C16H16BrN3OS.2ClH/c17-13-9-11(10-18)8-12(16(13)21)15(14-2-1-7-22-14)20-5-3-19-4-6-20;;/h1-2,7-9,15,19,21H,3-6H2;2*1H/t15-;;/m0../s1. The SMILES string of the molecule is Cl.Cl.N#Cc1cc(Br)c(O)c([C@@H](c2cccs2)N2CCNCC2)c1. The van der Waals surface area contributed by atoms with Crippen molar-refractivity contribution < 1.29 is 5.11 Å². The van der Waals surface area contributed by atoms with Crippen LogP contribution in [0.25, 0.3) is 0 Å². The van der Waals surface area contributed by atoms with Gasteiger partial charge in [0.15, 0.2) is 0 Å². The van der Waals surface area contributed by atoms with Gasteiger partial charge >= 0.3 is 0 Å². The second-order valence-electron chi connectivity index (χ2n) is 5.21. The Morgan fingerprint density at radius 3 is 2.58 bits per heavy atom. The summed E-state index contributed by atoms with van der Waals surface area (Å²) in [5.74, 6) is 0.218. The van der Waals surface area contributed by atoms with Crippen LogP contribution >= 0.6 is 52.1 Å². The van der Waals surface area contributed by atoms with Gasteiger partial charge in [-0.1, -0.05) is 6.07 Å². The first kappa shape index (κ1) is 21.2. The van der Waals surface area contributed by atoms with E-state index in [1.54, 1.807) is 23.5 Å². The highest BCUT2D eigenvalue weighted by atomic mass is 79.9. The Balaban J connectivity index is 0.00000144. The first-order chi connectivity index (χ1) is 10.7. The van der Waals surface area contributed by atoms with E-state index in [1.165, 1.54) is 4.88 Å². The van der Waals surface area contributed by atoms with Crippen molar-refractivity contribution in [3.05, 3.63) is 50.1 Å². The lowest BCUT2D eigenvalue weighted by Crippen LogP contribution is -2.45. The third-order valence-corrected chi connectivity index (χ3v) is 5.38. The molecule has 1 aromatic carbocycles. The largest absolute Gasteiger partial charge is 0.506 e. The number of nitriles is 1. The minimum atomic E-state index is -0.0216. The van der Waals surface area contributed by atoms with Crippen molar-refractivity contribution in [3.8, 4) is 11.8 Å². The average molecular weight is 451 g/mol. The summed E-state index contributed by atoms with van der Waals surface area (Å²) in [4.78, 5) is 3.53. The average Bonchev–Trinajstić information content (AvgIpc) is 3.06. The molecule has 0 spiro atoms. The topological polar surface area (TPSA) is 59.3 Å². The number of hydrogen-bond donors (Lipinski definition) is 2. The maximum atomic E-state index is 10.5. The van der Waals surface area contributed by atoms with Crippen molar-refractivity contribution in [2.75, 3.05) is 26.2 Å². The molecule has 2 aromatic rings. The molecule has 130 valence electrons. The van der Waals surface area contributed by atoms with Crippen LogP contribution in [0.2, 0.25) is 0 Å². The Hall–Kier alpha value is -0.810. The summed E-state index contributed by atoms with van der Waals surface area (Å²) in [5, 5.41) is 25.1. The van der Waals surface area contributed by atoms with E-state index in [9.17, 15) is 10.4 Å². The molecule has 1 aromatic heterocycles. The molecule has 1 saturated heterocycles. The van der Waals surface area contributed by atoms with E-state index >= 15 is 0 Å².